The summed E-state index contributed by atoms with van der Waals surface area (Å²) in [5, 5.41) is 6.76. The number of hydrogen-bond acceptors (Lipinski definition) is 3. The van der Waals surface area contributed by atoms with E-state index in [0.717, 1.165) is 50.7 Å². The standard InChI is InChI=1S/C20H29F2N5O.HI/c1-3-19(28)27-9-7-15(13-27)25-20(23-2)24-11-14-6-8-26(12-14)16-4-5-17(21)18(22)10-16;/h4-5,10,14-15H,3,6-9,11-13H2,1-2H3,(H2,23,24,25);1H. The molecular weight excluding hydrogens is 491 g/mol. The van der Waals surface area contributed by atoms with Gasteiger partial charge in [0.25, 0.3) is 0 Å². The summed E-state index contributed by atoms with van der Waals surface area (Å²) in [5.74, 6) is -0.302. The summed E-state index contributed by atoms with van der Waals surface area (Å²) in [4.78, 5) is 20.1. The quantitative estimate of drug-likeness (QED) is 0.356. The van der Waals surface area contributed by atoms with Gasteiger partial charge in [-0.3, -0.25) is 9.79 Å². The first-order chi connectivity index (χ1) is 13.5. The summed E-state index contributed by atoms with van der Waals surface area (Å²) in [6.45, 7) is 5.74. The van der Waals surface area contributed by atoms with Crippen molar-refractivity contribution in [2.75, 3.05) is 44.7 Å². The molecule has 0 aliphatic carbocycles. The number of likely N-dealkylation sites (tertiary alicyclic amines) is 1. The highest BCUT2D eigenvalue weighted by Crippen LogP contribution is 2.25. The van der Waals surface area contributed by atoms with Crippen LogP contribution >= 0.6 is 24.0 Å². The van der Waals surface area contributed by atoms with E-state index in [1.165, 1.54) is 12.1 Å². The molecule has 29 heavy (non-hydrogen) atoms. The van der Waals surface area contributed by atoms with Crippen LogP contribution in [0.2, 0.25) is 0 Å². The van der Waals surface area contributed by atoms with Crippen LogP contribution in [0.3, 0.4) is 0 Å². The van der Waals surface area contributed by atoms with Crippen molar-refractivity contribution < 1.29 is 13.6 Å². The zero-order valence-corrected chi connectivity index (χ0v) is 19.3. The highest BCUT2D eigenvalue weighted by atomic mass is 127. The van der Waals surface area contributed by atoms with E-state index in [2.05, 4.69) is 20.5 Å². The highest BCUT2D eigenvalue weighted by molar-refractivity contribution is 14.0. The Bertz CT molecular complexity index is 733. The molecule has 2 fully saturated rings. The zero-order valence-electron chi connectivity index (χ0n) is 17.0. The number of nitrogens with zero attached hydrogens (tertiary/aromatic N) is 3. The molecule has 6 nitrogen and oxygen atoms in total. The molecule has 2 atom stereocenters. The minimum absolute atomic E-state index is 0. The average Bonchev–Trinajstić information content (AvgIpc) is 3.36. The molecule has 2 aliphatic rings. The Labute approximate surface area is 188 Å². The Kier molecular flexibility index (Phi) is 8.91. The van der Waals surface area contributed by atoms with Crippen molar-refractivity contribution in [2.24, 2.45) is 10.9 Å². The van der Waals surface area contributed by atoms with E-state index in [1.807, 2.05) is 11.8 Å². The van der Waals surface area contributed by atoms with Crippen LogP contribution in [0.5, 0.6) is 0 Å². The van der Waals surface area contributed by atoms with Crippen LogP contribution in [-0.2, 0) is 4.79 Å². The van der Waals surface area contributed by atoms with Crippen molar-refractivity contribution in [3.8, 4) is 0 Å². The van der Waals surface area contributed by atoms with Crippen LogP contribution in [-0.4, -0.2) is 62.6 Å². The third kappa shape index (κ3) is 6.16. The van der Waals surface area contributed by atoms with E-state index < -0.39 is 11.6 Å². The van der Waals surface area contributed by atoms with Crippen LogP contribution in [0.25, 0.3) is 0 Å². The molecule has 9 heteroatoms. The van der Waals surface area contributed by atoms with Gasteiger partial charge in [-0.25, -0.2) is 8.78 Å². The Morgan fingerprint density at radius 2 is 2.00 bits per heavy atom. The average molecular weight is 521 g/mol. The number of aliphatic imine (C=N–C) groups is 1. The number of carbonyl (C=O) groups excluding carboxylic acids is 1. The van der Waals surface area contributed by atoms with Gasteiger partial charge in [0.05, 0.1) is 0 Å². The highest BCUT2D eigenvalue weighted by Gasteiger charge is 2.27. The van der Waals surface area contributed by atoms with Crippen molar-refractivity contribution >= 4 is 41.5 Å². The number of benzene rings is 1. The van der Waals surface area contributed by atoms with Gasteiger partial charge in [-0.2, -0.15) is 0 Å². The second-order valence-corrected chi connectivity index (χ2v) is 7.48. The predicted molar refractivity (Wildman–Crippen MR) is 122 cm³/mol. The fraction of sp³-hybridized carbons (Fsp3) is 0.600. The van der Waals surface area contributed by atoms with Gasteiger partial charge in [-0.15, -0.1) is 24.0 Å². The van der Waals surface area contributed by atoms with E-state index in [4.69, 9.17) is 0 Å². The third-order valence-electron chi connectivity index (χ3n) is 5.52. The fourth-order valence-corrected chi connectivity index (χ4v) is 3.87. The maximum atomic E-state index is 13.5. The second kappa shape index (κ2) is 10.9. The molecule has 2 heterocycles. The normalized spacial score (nSPS) is 21.9. The van der Waals surface area contributed by atoms with Crippen molar-refractivity contribution in [2.45, 2.75) is 32.2 Å². The van der Waals surface area contributed by atoms with E-state index in [9.17, 15) is 13.6 Å². The van der Waals surface area contributed by atoms with Crippen LogP contribution < -0.4 is 15.5 Å². The molecular formula is C20H30F2IN5O. The number of amides is 1. The first kappa shape index (κ1) is 23.6. The van der Waals surface area contributed by atoms with Gasteiger partial charge in [0.15, 0.2) is 17.6 Å². The first-order valence-electron chi connectivity index (χ1n) is 9.95. The van der Waals surface area contributed by atoms with E-state index >= 15 is 0 Å². The number of carbonyl (C=O) groups is 1. The smallest absolute Gasteiger partial charge is 0.222 e. The second-order valence-electron chi connectivity index (χ2n) is 7.48. The summed E-state index contributed by atoms with van der Waals surface area (Å²) >= 11 is 0. The molecule has 0 spiro atoms. The topological polar surface area (TPSA) is 60.0 Å². The van der Waals surface area contributed by atoms with Gasteiger partial charge in [-0.1, -0.05) is 6.92 Å². The summed E-state index contributed by atoms with van der Waals surface area (Å²) < 4.78 is 26.6. The first-order valence-corrected chi connectivity index (χ1v) is 9.95. The van der Waals surface area contributed by atoms with E-state index in [1.54, 1.807) is 13.1 Å². The SMILES string of the molecule is CCC(=O)N1CCC(NC(=NC)NCC2CCN(c3ccc(F)c(F)c3)C2)C1.I. The summed E-state index contributed by atoms with van der Waals surface area (Å²) in [7, 11) is 1.74. The third-order valence-corrected chi connectivity index (χ3v) is 5.52. The van der Waals surface area contributed by atoms with Gasteiger partial charge < -0.3 is 20.4 Å². The molecule has 1 aromatic rings. The molecule has 2 unspecified atom stereocenters. The molecule has 162 valence electrons. The number of guanidine groups is 1. The Morgan fingerprint density at radius 3 is 2.69 bits per heavy atom. The van der Waals surface area contributed by atoms with Crippen LogP contribution in [0, 0.1) is 17.6 Å². The molecule has 2 N–H and O–H groups in total. The number of halogens is 3. The zero-order chi connectivity index (χ0) is 20.1. The lowest BCUT2D eigenvalue weighted by Crippen LogP contribution is -2.46. The molecule has 2 aliphatic heterocycles. The molecule has 3 rings (SSSR count). The molecule has 0 saturated carbocycles. The van der Waals surface area contributed by atoms with E-state index in [-0.39, 0.29) is 35.9 Å². The van der Waals surface area contributed by atoms with Crippen LogP contribution in [0.15, 0.2) is 23.2 Å². The number of anilines is 1. The number of rotatable bonds is 5. The van der Waals surface area contributed by atoms with Crippen molar-refractivity contribution in [3.05, 3.63) is 29.8 Å². The summed E-state index contributed by atoms with van der Waals surface area (Å²) in [6.07, 6.45) is 2.43. The molecule has 0 aromatic heterocycles. The maximum Gasteiger partial charge on any atom is 0.222 e. The fourth-order valence-electron chi connectivity index (χ4n) is 3.87. The van der Waals surface area contributed by atoms with Gasteiger partial charge in [0.2, 0.25) is 5.91 Å². The van der Waals surface area contributed by atoms with Gasteiger partial charge >= 0.3 is 0 Å². The Morgan fingerprint density at radius 1 is 1.21 bits per heavy atom. The van der Waals surface area contributed by atoms with Gasteiger partial charge in [-0.05, 0) is 30.9 Å². The Balaban J connectivity index is 0.00000300. The van der Waals surface area contributed by atoms with Crippen molar-refractivity contribution in [1.29, 1.82) is 0 Å². The summed E-state index contributed by atoms with van der Waals surface area (Å²) in [5.41, 5.74) is 0.718. The van der Waals surface area contributed by atoms with Crippen molar-refractivity contribution in [3.63, 3.8) is 0 Å². The molecule has 1 aromatic carbocycles. The van der Waals surface area contributed by atoms with Crippen LogP contribution in [0.1, 0.15) is 26.2 Å². The minimum Gasteiger partial charge on any atom is -0.371 e. The monoisotopic (exact) mass is 521 g/mol. The molecule has 2 saturated heterocycles. The lowest BCUT2D eigenvalue weighted by atomic mass is 10.1. The maximum absolute atomic E-state index is 13.5. The predicted octanol–water partition coefficient (Wildman–Crippen LogP) is 2.59. The molecule has 0 radical (unpaired) electrons. The largest absolute Gasteiger partial charge is 0.371 e. The summed E-state index contributed by atoms with van der Waals surface area (Å²) in [6, 6.07) is 4.27. The number of hydrogen-bond donors (Lipinski definition) is 2. The Hall–Kier alpha value is -1.65. The van der Waals surface area contributed by atoms with Gasteiger partial charge in [0, 0.05) is 64.0 Å². The van der Waals surface area contributed by atoms with Crippen LogP contribution in [0.4, 0.5) is 14.5 Å². The van der Waals surface area contributed by atoms with Crippen molar-refractivity contribution in [1.82, 2.24) is 15.5 Å². The van der Waals surface area contributed by atoms with E-state index in [0.29, 0.717) is 18.9 Å². The number of nitrogens with one attached hydrogen (secondary N) is 2. The lowest BCUT2D eigenvalue weighted by Gasteiger charge is -2.21. The molecule has 1 amide bonds. The minimum atomic E-state index is -0.817. The lowest BCUT2D eigenvalue weighted by molar-refractivity contribution is -0.129. The molecule has 0 bridgehead atoms. The van der Waals surface area contributed by atoms with Gasteiger partial charge in [0.1, 0.15) is 0 Å².